The summed E-state index contributed by atoms with van der Waals surface area (Å²) >= 11 is 0. The molecule has 312 valence electrons. The van der Waals surface area contributed by atoms with E-state index in [1.54, 1.807) is 10.6 Å². The Kier molecular flexibility index (Phi) is 20.2. The molecule has 1 saturated heterocycles. The predicted molar refractivity (Wildman–Crippen MR) is 216 cm³/mol. The van der Waals surface area contributed by atoms with Crippen molar-refractivity contribution in [2.75, 3.05) is 38.8 Å². The minimum Gasteiger partial charge on any atom is -0.382 e. The van der Waals surface area contributed by atoms with Crippen LogP contribution in [-0.2, 0) is 34.2 Å². The van der Waals surface area contributed by atoms with Gasteiger partial charge in [-0.05, 0) is 68.5 Å². The van der Waals surface area contributed by atoms with Crippen LogP contribution in [0.3, 0.4) is 0 Å². The van der Waals surface area contributed by atoms with E-state index in [4.69, 9.17) is 29.0 Å². The van der Waals surface area contributed by atoms with Crippen LogP contribution >= 0.6 is 7.82 Å². The summed E-state index contributed by atoms with van der Waals surface area (Å²) < 4.78 is 57.8. The Balaban J connectivity index is 1.14. The number of hydrogen-bond donors (Lipinski definition) is 2. The van der Waals surface area contributed by atoms with Crippen molar-refractivity contribution in [2.24, 2.45) is 0 Å². The Hall–Kier alpha value is -2.95. The molecular weight excluding hydrogens is 736 g/mol. The molecule has 1 unspecified atom stereocenters. The van der Waals surface area contributed by atoms with E-state index >= 15 is 0 Å². The number of unbranched alkanes of at least 4 members (excludes halogenated alkanes) is 15. The molecule has 2 aromatic heterocycles. The molecule has 1 aliphatic heterocycles. The summed E-state index contributed by atoms with van der Waals surface area (Å²) in [6, 6.07) is 9.83. The number of nitriles is 1. The van der Waals surface area contributed by atoms with E-state index in [2.05, 4.69) is 17.0 Å². The number of fused-ring (bicyclic) bond motifs is 1. The summed E-state index contributed by atoms with van der Waals surface area (Å²) in [6.45, 7) is 4.52. The zero-order valence-electron chi connectivity index (χ0n) is 33.7. The molecule has 0 saturated carbocycles. The Morgan fingerprint density at radius 2 is 1.64 bits per heavy atom. The average Bonchev–Trinajstić information content (AvgIpc) is 3.80. The van der Waals surface area contributed by atoms with Crippen molar-refractivity contribution < 1.29 is 37.1 Å². The summed E-state index contributed by atoms with van der Waals surface area (Å²) in [7, 11) is -4.50. The Morgan fingerprint density at radius 1 is 0.982 bits per heavy atom. The van der Waals surface area contributed by atoms with Crippen LogP contribution in [0.5, 0.6) is 0 Å². The van der Waals surface area contributed by atoms with Gasteiger partial charge in [-0.3, -0.25) is 9.05 Å². The van der Waals surface area contributed by atoms with Crippen LogP contribution in [0.1, 0.15) is 152 Å². The van der Waals surface area contributed by atoms with Gasteiger partial charge in [0, 0.05) is 6.61 Å². The standard InChI is InChI=1S/C42H65FN5O7P/c1-3-4-5-6-7-8-9-10-11-12-13-14-15-16-17-18-24-51-30-37(52-25-22-34-26-35(29-44)28-36(43)27-34)31-53-56(49,50)54-32-42(2)23-21-40(55-42)38-19-20-39-41(45)46-33-47-48(38)39/h19-20,26-28,33,37,40H,3-18,21-25,30-32H2,1-2H3,(H,49,50)(H2,45,46,47)/t37-,40-,42+/m1/s1. The van der Waals surface area contributed by atoms with Gasteiger partial charge >= 0.3 is 7.82 Å². The highest BCUT2D eigenvalue weighted by Gasteiger charge is 2.40. The molecule has 14 heteroatoms. The van der Waals surface area contributed by atoms with Gasteiger partial charge in [0.2, 0.25) is 0 Å². The molecule has 4 rings (SSSR count). The Morgan fingerprint density at radius 3 is 2.30 bits per heavy atom. The third-order valence-electron chi connectivity index (χ3n) is 10.4. The smallest absolute Gasteiger partial charge is 0.382 e. The molecule has 0 aliphatic carbocycles. The number of nitrogens with zero attached hydrogens (tertiary/aromatic N) is 4. The molecule has 4 atom stereocenters. The molecule has 3 aromatic rings. The second-order valence-corrected chi connectivity index (χ2v) is 16.9. The highest BCUT2D eigenvalue weighted by atomic mass is 31.2. The molecule has 1 fully saturated rings. The van der Waals surface area contributed by atoms with E-state index < -0.39 is 25.3 Å². The van der Waals surface area contributed by atoms with Crippen molar-refractivity contribution in [2.45, 2.75) is 154 Å². The summed E-state index contributed by atoms with van der Waals surface area (Å²) in [5.41, 5.74) is 7.47. The van der Waals surface area contributed by atoms with Crippen molar-refractivity contribution in [1.29, 1.82) is 5.26 Å². The summed E-state index contributed by atoms with van der Waals surface area (Å²) in [4.78, 5) is 14.7. The van der Waals surface area contributed by atoms with Crippen LogP contribution in [0.4, 0.5) is 10.2 Å². The van der Waals surface area contributed by atoms with Gasteiger partial charge in [0.1, 0.15) is 29.9 Å². The van der Waals surface area contributed by atoms with E-state index in [1.807, 2.05) is 25.1 Å². The number of nitrogen functional groups attached to an aromatic ring is 1. The van der Waals surface area contributed by atoms with E-state index in [0.717, 1.165) is 18.5 Å². The van der Waals surface area contributed by atoms with Gasteiger partial charge in [-0.2, -0.15) is 10.4 Å². The van der Waals surface area contributed by atoms with E-state index in [9.17, 15) is 19.1 Å². The third kappa shape index (κ3) is 16.5. The quantitative estimate of drug-likeness (QED) is 0.0487. The maximum absolute atomic E-state index is 14.0. The molecule has 56 heavy (non-hydrogen) atoms. The summed E-state index contributed by atoms with van der Waals surface area (Å²) in [6.07, 6.45) is 22.6. The van der Waals surface area contributed by atoms with Gasteiger partial charge in [-0.15, -0.1) is 0 Å². The van der Waals surface area contributed by atoms with Crippen molar-refractivity contribution in [3.63, 3.8) is 0 Å². The molecule has 0 bridgehead atoms. The van der Waals surface area contributed by atoms with Crippen molar-refractivity contribution >= 4 is 19.2 Å². The average molecular weight is 802 g/mol. The number of hydrogen-bond acceptors (Lipinski definition) is 10. The zero-order chi connectivity index (χ0) is 40.1. The largest absolute Gasteiger partial charge is 0.472 e. The van der Waals surface area contributed by atoms with Crippen LogP contribution in [0, 0.1) is 17.1 Å². The predicted octanol–water partition coefficient (Wildman–Crippen LogP) is 9.97. The van der Waals surface area contributed by atoms with Crippen molar-refractivity contribution in [3.8, 4) is 6.07 Å². The van der Waals surface area contributed by atoms with Gasteiger partial charge in [0.05, 0.1) is 49.4 Å². The highest BCUT2D eigenvalue weighted by molar-refractivity contribution is 7.47. The number of phosphoric acid groups is 1. The Bertz CT molecular complexity index is 1670. The molecular formula is C42H65FN5O7P. The van der Waals surface area contributed by atoms with Gasteiger partial charge in [0.25, 0.3) is 0 Å². The lowest BCUT2D eigenvalue weighted by atomic mass is 10.0. The maximum Gasteiger partial charge on any atom is 0.472 e. The van der Waals surface area contributed by atoms with E-state index in [-0.39, 0.29) is 38.1 Å². The fourth-order valence-electron chi connectivity index (χ4n) is 7.18. The molecule has 0 amide bonds. The van der Waals surface area contributed by atoms with Crippen molar-refractivity contribution in [1.82, 2.24) is 14.6 Å². The van der Waals surface area contributed by atoms with Gasteiger partial charge in [-0.25, -0.2) is 18.5 Å². The second kappa shape index (κ2) is 24.7. The second-order valence-electron chi connectivity index (χ2n) is 15.4. The first kappa shape index (κ1) is 45.7. The lowest BCUT2D eigenvalue weighted by Crippen LogP contribution is -2.30. The summed E-state index contributed by atoms with van der Waals surface area (Å²) in [5, 5.41) is 13.5. The number of nitrogens with two attached hydrogens (primary N) is 1. The van der Waals surface area contributed by atoms with E-state index in [1.165, 1.54) is 108 Å². The molecule has 0 radical (unpaired) electrons. The molecule has 1 aromatic carbocycles. The molecule has 3 N–H and O–H groups in total. The van der Waals surface area contributed by atoms with E-state index in [0.29, 0.717) is 42.8 Å². The summed E-state index contributed by atoms with van der Waals surface area (Å²) in [5.74, 6) is -0.130. The minimum atomic E-state index is -4.50. The van der Waals surface area contributed by atoms with Crippen LogP contribution in [-0.4, -0.2) is 64.2 Å². The number of phosphoric ester groups is 1. The van der Waals surface area contributed by atoms with Gasteiger partial charge in [0.15, 0.2) is 5.82 Å². The molecule has 1 aliphatic rings. The fraction of sp³-hybridized carbons (Fsp3) is 0.690. The SMILES string of the molecule is CCCCCCCCCCCCCCCCCCOC[C@H](COP(=O)(O)OC[C@]1(C)CC[C@H](c2ccc3c(N)ncnn23)O1)OCCc1cc(F)cc(C#N)c1. The van der Waals surface area contributed by atoms with Gasteiger partial charge < -0.3 is 24.8 Å². The number of benzene rings is 1. The zero-order valence-corrected chi connectivity index (χ0v) is 34.6. The first-order valence-electron chi connectivity index (χ1n) is 20.9. The number of rotatable bonds is 30. The minimum absolute atomic E-state index is 0.146. The fourth-order valence-corrected chi connectivity index (χ4v) is 8.04. The highest BCUT2D eigenvalue weighted by Crippen LogP contribution is 2.47. The lowest BCUT2D eigenvalue weighted by Gasteiger charge is -2.26. The molecule has 0 spiro atoms. The van der Waals surface area contributed by atoms with Crippen LogP contribution in [0.15, 0.2) is 36.7 Å². The third-order valence-corrected chi connectivity index (χ3v) is 11.4. The number of anilines is 1. The Labute approximate surface area is 333 Å². The van der Waals surface area contributed by atoms with Crippen molar-refractivity contribution in [3.05, 3.63) is 59.3 Å². The maximum atomic E-state index is 14.0. The first-order valence-corrected chi connectivity index (χ1v) is 22.4. The molecule has 12 nitrogen and oxygen atoms in total. The van der Waals surface area contributed by atoms with Crippen LogP contribution in [0.2, 0.25) is 0 Å². The first-order chi connectivity index (χ1) is 27.1. The number of aromatic nitrogens is 3. The number of halogens is 1. The molecule has 3 heterocycles. The van der Waals surface area contributed by atoms with Gasteiger partial charge in [-0.1, -0.05) is 103 Å². The van der Waals surface area contributed by atoms with Crippen LogP contribution < -0.4 is 5.73 Å². The lowest BCUT2D eigenvalue weighted by molar-refractivity contribution is -0.0692. The topological polar surface area (TPSA) is 163 Å². The number of ether oxygens (including phenoxy) is 3. The van der Waals surface area contributed by atoms with Crippen LogP contribution in [0.25, 0.3) is 5.52 Å². The normalized spacial score (nSPS) is 18.7. The monoisotopic (exact) mass is 801 g/mol.